The third-order valence-corrected chi connectivity index (χ3v) is 9.42. The maximum absolute atomic E-state index is 7.10. The first-order chi connectivity index (χ1) is 23.3. The highest BCUT2D eigenvalue weighted by molar-refractivity contribution is 6.09. The molecule has 2 aliphatic rings. The third kappa shape index (κ3) is 4.68. The van der Waals surface area contributed by atoms with E-state index in [2.05, 4.69) is 162 Å². The summed E-state index contributed by atoms with van der Waals surface area (Å²) in [5, 5.41) is 2.50. The van der Waals surface area contributed by atoms with Crippen molar-refractivity contribution in [3.63, 3.8) is 0 Å². The lowest BCUT2D eigenvalue weighted by atomic mass is 9.89. The lowest BCUT2D eigenvalue weighted by molar-refractivity contribution is 0.594. The second-order valence-electron chi connectivity index (χ2n) is 12.2. The normalized spacial score (nSPS) is 13.7. The number of aromatic nitrogens is 1. The van der Waals surface area contributed by atoms with Gasteiger partial charge >= 0.3 is 0 Å². The minimum atomic E-state index is 0.684. The first kappa shape index (κ1) is 27.3. The maximum atomic E-state index is 7.10. The minimum Gasteiger partial charge on any atom is -0.455 e. The second kappa shape index (κ2) is 11.4. The molecule has 0 bridgehead atoms. The van der Waals surface area contributed by atoms with Gasteiger partial charge in [0.15, 0.2) is 0 Å². The number of fused-ring (bicyclic) bond motifs is 4. The summed E-state index contributed by atoms with van der Waals surface area (Å²) in [7, 11) is 0. The van der Waals surface area contributed by atoms with Crippen LogP contribution in [0.2, 0.25) is 0 Å². The smallest absolute Gasteiger partial charge is 0.142 e. The van der Waals surface area contributed by atoms with Gasteiger partial charge in [0.2, 0.25) is 0 Å². The zero-order chi connectivity index (χ0) is 31.2. The number of hydrogen-bond donors (Lipinski definition) is 0. The first-order valence-electron chi connectivity index (χ1n) is 16.3. The fraction of sp³-hybridized carbons (Fsp3) is 0.0667. The molecule has 5 aromatic carbocycles. The summed E-state index contributed by atoms with van der Waals surface area (Å²) in [4.78, 5) is 0. The van der Waals surface area contributed by atoms with Crippen LogP contribution in [0.3, 0.4) is 0 Å². The Bertz CT molecular complexity index is 2430. The van der Waals surface area contributed by atoms with Crippen LogP contribution in [0, 0.1) is 11.8 Å². The van der Waals surface area contributed by atoms with Crippen molar-refractivity contribution in [1.29, 1.82) is 0 Å². The predicted molar refractivity (Wildman–Crippen MR) is 196 cm³/mol. The average Bonchev–Trinajstić information content (AvgIpc) is 3.56. The molecule has 0 unspecified atom stereocenters. The lowest BCUT2D eigenvalue weighted by Gasteiger charge is -2.16. The molecule has 0 atom stereocenters. The third-order valence-electron chi connectivity index (χ3n) is 9.42. The summed E-state index contributed by atoms with van der Waals surface area (Å²) < 4.78 is 9.49. The first-order valence-corrected chi connectivity index (χ1v) is 16.3. The number of nitrogens with zero attached hydrogens (tertiary/aromatic N) is 1. The molecule has 2 nitrogen and oxygen atoms in total. The quantitative estimate of drug-likeness (QED) is 0.180. The molecule has 9 rings (SSSR count). The maximum Gasteiger partial charge on any atom is 0.142 e. The number of benzene rings is 5. The van der Waals surface area contributed by atoms with E-state index >= 15 is 0 Å². The van der Waals surface area contributed by atoms with Crippen molar-refractivity contribution in [2.24, 2.45) is 0 Å². The van der Waals surface area contributed by atoms with Gasteiger partial charge in [-0.2, -0.15) is 0 Å². The van der Waals surface area contributed by atoms with Gasteiger partial charge < -0.3 is 8.98 Å². The van der Waals surface area contributed by atoms with Crippen LogP contribution < -0.4 is 0 Å². The van der Waals surface area contributed by atoms with Crippen molar-refractivity contribution in [2.45, 2.75) is 19.3 Å². The fourth-order valence-corrected chi connectivity index (χ4v) is 7.24. The van der Waals surface area contributed by atoms with Crippen LogP contribution in [-0.2, 0) is 6.42 Å². The molecule has 2 heterocycles. The molecule has 222 valence electrons. The molecular weight excluding hydrogens is 571 g/mol. The van der Waals surface area contributed by atoms with Crippen molar-refractivity contribution in [1.82, 2.24) is 4.57 Å². The van der Waals surface area contributed by atoms with Crippen molar-refractivity contribution >= 4 is 33.5 Å². The molecule has 0 aliphatic heterocycles. The van der Waals surface area contributed by atoms with E-state index in [-0.39, 0.29) is 0 Å². The van der Waals surface area contributed by atoms with E-state index < -0.39 is 0 Å². The summed E-state index contributed by atoms with van der Waals surface area (Å²) in [5.41, 5.74) is 12.9. The highest BCUT2D eigenvalue weighted by Crippen LogP contribution is 2.45. The van der Waals surface area contributed by atoms with Gasteiger partial charge in [-0.15, -0.1) is 0 Å². The van der Waals surface area contributed by atoms with Crippen LogP contribution in [0.1, 0.15) is 29.5 Å². The van der Waals surface area contributed by atoms with E-state index in [4.69, 9.17) is 4.42 Å². The molecule has 0 saturated carbocycles. The van der Waals surface area contributed by atoms with Gasteiger partial charge in [-0.05, 0) is 71.5 Å². The van der Waals surface area contributed by atoms with E-state index in [0.29, 0.717) is 6.42 Å². The fourth-order valence-electron chi connectivity index (χ4n) is 7.24. The SMILES string of the molecule is C1#CCC(c2ccc(-n3c4ccccc4c4ccccc43)cc2-c2oc(-c3cccc(-c4ccccc4)c3)c3c2CCC=C3)=CC=C1. The van der Waals surface area contributed by atoms with E-state index in [9.17, 15) is 0 Å². The van der Waals surface area contributed by atoms with E-state index in [0.717, 1.165) is 46.7 Å². The van der Waals surface area contributed by atoms with Gasteiger partial charge in [-0.1, -0.05) is 127 Å². The number of allylic oxidation sites excluding steroid dienone is 5. The summed E-state index contributed by atoms with van der Waals surface area (Å²) in [6.07, 6.45) is 13.3. The predicted octanol–water partition coefficient (Wildman–Crippen LogP) is 11.7. The molecular formula is C45H31NO. The summed E-state index contributed by atoms with van der Waals surface area (Å²) in [6.45, 7) is 0. The number of rotatable bonds is 5. The summed E-state index contributed by atoms with van der Waals surface area (Å²) >= 11 is 0. The Labute approximate surface area is 274 Å². The van der Waals surface area contributed by atoms with Crippen LogP contribution in [0.15, 0.2) is 150 Å². The molecule has 0 spiro atoms. The van der Waals surface area contributed by atoms with Gasteiger partial charge in [0.25, 0.3) is 0 Å². The van der Waals surface area contributed by atoms with Crippen molar-refractivity contribution < 1.29 is 4.42 Å². The molecule has 0 amide bonds. The Morgan fingerprint density at radius 1 is 0.638 bits per heavy atom. The van der Waals surface area contributed by atoms with Crippen LogP contribution in [0.4, 0.5) is 0 Å². The van der Waals surface area contributed by atoms with Crippen molar-refractivity contribution in [3.05, 3.63) is 162 Å². The zero-order valence-electron chi connectivity index (χ0n) is 25.9. The van der Waals surface area contributed by atoms with Crippen LogP contribution in [0.5, 0.6) is 0 Å². The van der Waals surface area contributed by atoms with E-state index in [1.165, 1.54) is 49.6 Å². The Morgan fingerprint density at radius 3 is 2.21 bits per heavy atom. The lowest BCUT2D eigenvalue weighted by Crippen LogP contribution is -1.99. The van der Waals surface area contributed by atoms with Crippen molar-refractivity contribution in [2.75, 3.05) is 0 Å². The largest absolute Gasteiger partial charge is 0.455 e. The second-order valence-corrected chi connectivity index (χ2v) is 12.2. The standard InChI is InChI=1S/C45H31NO/c1-2-5-18-32(17-4-1)36-28-27-35(46-42-25-12-10-21-37(42)38-22-11-13-26-43(38)46)30-41(36)45-40-24-9-8-23-39(40)44(47-45)34-20-14-19-33(29-34)31-15-6-3-7-16-31/h1,3-4,6-8,10-17,19-23,25-30H,9,18,24H2. The highest BCUT2D eigenvalue weighted by Gasteiger charge is 2.26. The van der Waals surface area contributed by atoms with E-state index in [1.54, 1.807) is 0 Å². The van der Waals surface area contributed by atoms with Crippen molar-refractivity contribution in [3.8, 4) is 51.3 Å². The van der Waals surface area contributed by atoms with Gasteiger partial charge in [0.1, 0.15) is 11.5 Å². The monoisotopic (exact) mass is 601 g/mol. The zero-order valence-corrected chi connectivity index (χ0v) is 25.9. The summed E-state index contributed by atoms with van der Waals surface area (Å²) in [6, 6.07) is 43.5. The van der Waals surface area contributed by atoms with Gasteiger partial charge in [0, 0.05) is 45.1 Å². The Kier molecular flexibility index (Phi) is 6.61. The van der Waals surface area contributed by atoms with Gasteiger partial charge in [-0.3, -0.25) is 0 Å². The molecule has 2 aromatic heterocycles. The van der Waals surface area contributed by atoms with E-state index in [1.807, 2.05) is 6.08 Å². The highest BCUT2D eigenvalue weighted by atomic mass is 16.3. The molecule has 0 fully saturated rings. The number of para-hydroxylation sites is 2. The van der Waals surface area contributed by atoms with Gasteiger partial charge in [-0.25, -0.2) is 0 Å². The average molecular weight is 602 g/mol. The Morgan fingerprint density at radius 2 is 1.38 bits per heavy atom. The van der Waals surface area contributed by atoms with Crippen LogP contribution >= 0.6 is 0 Å². The Balaban J connectivity index is 1.29. The Hall–Kier alpha value is -6.04. The molecule has 0 saturated heterocycles. The number of furan rings is 1. The van der Waals surface area contributed by atoms with Gasteiger partial charge in [0.05, 0.1) is 11.0 Å². The topological polar surface area (TPSA) is 18.1 Å². The molecule has 0 N–H and O–H groups in total. The minimum absolute atomic E-state index is 0.684. The molecule has 0 radical (unpaired) electrons. The molecule has 47 heavy (non-hydrogen) atoms. The van der Waals surface area contributed by atoms with Crippen LogP contribution in [-0.4, -0.2) is 4.57 Å². The molecule has 7 aromatic rings. The molecule has 2 heteroatoms. The number of hydrogen-bond acceptors (Lipinski definition) is 1. The van der Waals surface area contributed by atoms with Crippen LogP contribution in [0.25, 0.3) is 72.9 Å². The molecule has 2 aliphatic carbocycles. The summed E-state index contributed by atoms with van der Waals surface area (Å²) in [5.74, 6) is 8.35.